The fourth-order valence-electron chi connectivity index (χ4n) is 2.48. The highest BCUT2D eigenvalue weighted by Gasteiger charge is 2.04. The normalized spacial score (nSPS) is 27.2. The van der Waals surface area contributed by atoms with Gasteiger partial charge in [0.05, 0.1) is 6.61 Å². The fourth-order valence-corrected chi connectivity index (χ4v) is 2.48. The van der Waals surface area contributed by atoms with Crippen LogP contribution in [0.15, 0.2) is 12.2 Å². The molecule has 0 bridgehead atoms. The van der Waals surface area contributed by atoms with Crippen molar-refractivity contribution in [1.82, 2.24) is 0 Å². The third-order valence-corrected chi connectivity index (χ3v) is 3.81. The van der Waals surface area contributed by atoms with Crippen LogP contribution >= 0.6 is 0 Å². The van der Waals surface area contributed by atoms with Crippen molar-refractivity contribution in [3.8, 4) is 0 Å². The second-order valence-electron chi connectivity index (χ2n) is 5.83. The summed E-state index contributed by atoms with van der Waals surface area (Å²) in [5, 5.41) is 0. The van der Waals surface area contributed by atoms with Crippen LogP contribution in [0.2, 0.25) is 0 Å². The van der Waals surface area contributed by atoms with Gasteiger partial charge in [0, 0.05) is 6.42 Å². The minimum absolute atomic E-state index is 0.000897. The Labute approximate surface area is 118 Å². The maximum absolute atomic E-state index is 11.5. The Bertz CT molecular complexity index is 258. The first-order chi connectivity index (χ1) is 9.29. The predicted molar refractivity (Wildman–Crippen MR) is 80.1 cm³/mol. The van der Waals surface area contributed by atoms with E-state index in [0.717, 1.165) is 25.2 Å². The fraction of sp³-hybridized carbons (Fsp3) is 0.824. The van der Waals surface area contributed by atoms with Crippen molar-refractivity contribution in [2.24, 2.45) is 5.92 Å². The Kier molecular flexibility index (Phi) is 9.48. The van der Waals surface area contributed by atoms with Crippen LogP contribution in [0, 0.1) is 5.92 Å². The van der Waals surface area contributed by atoms with Crippen LogP contribution in [-0.4, -0.2) is 12.6 Å². The van der Waals surface area contributed by atoms with E-state index in [2.05, 4.69) is 19.1 Å². The van der Waals surface area contributed by atoms with Crippen LogP contribution in [-0.2, 0) is 9.53 Å². The van der Waals surface area contributed by atoms with Crippen molar-refractivity contribution >= 4 is 5.97 Å². The predicted octanol–water partition coefficient (Wildman–Crippen LogP) is 5.03. The Hall–Kier alpha value is -0.790. The molecule has 1 rings (SSSR count). The van der Waals surface area contributed by atoms with Gasteiger partial charge in [-0.05, 0) is 44.4 Å². The Morgan fingerprint density at radius 3 is 2.68 bits per heavy atom. The average Bonchev–Trinajstić information content (AvgIpc) is 2.39. The molecule has 1 heterocycles. The average molecular weight is 266 g/mol. The van der Waals surface area contributed by atoms with Gasteiger partial charge in [-0.2, -0.15) is 0 Å². The van der Waals surface area contributed by atoms with Crippen LogP contribution in [0.5, 0.6) is 0 Å². The van der Waals surface area contributed by atoms with Crippen molar-refractivity contribution in [3.63, 3.8) is 0 Å². The molecule has 1 aliphatic heterocycles. The largest absolute Gasteiger partial charge is 0.466 e. The highest BCUT2D eigenvalue weighted by molar-refractivity contribution is 5.69. The minimum atomic E-state index is -0.000897. The minimum Gasteiger partial charge on any atom is -0.466 e. The molecule has 0 aromatic rings. The number of rotatable bonds is 0. The van der Waals surface area contributed by atoms with Crippen LogP contribution in [0.3, 0.4) is 0 Å². The molecule has 1 atom stereocenters. The number of hydrogen-bond donors (Lipinski definition) is 0. The van der Waals surface area contributed by atoms with Gasteiger partial charge in [-0.3, -0.25) is 4.79 Å². The number of hydrogen-bond acceptors (Lipinski definition) is 2. The molecule has 0 aliphatic carbocycles. The van der Waals surface area contributed by atoms with Gasteiger partial charge in [0.25, 0.3) is 0 Å². The summed E-state index contributed by atoms with van der Waals surface area (Å²) in [6.07, 6.45) is 17.1. The number of cyclic esters (lactones) is 1. The molecule has 2 heteroatoms. The standard InChI is InChI=1S/C17H30O2/c1-16-12-8-6-4-2-3-5-7-9-14-17(18)19-15-11-10-13-16/h6,8,16H,2-5,7,9-15H2,1H3/b8-6-/t16-/m0/s1. The number of carbonyl (C=O) groups is 1. The molecule has 0 N–H and O–H groups in total. The van der Waals surface area contributed by atoms with Crippen molar-refractivity contribution in [1.29, 1.82) is 0 Å². The Morgan fingerprint density at radius 1 is 1.00 bits per heavy atom. The van der Waals surface area contributed by atoms with Crippen molar-refractivity contribution in [2.75, 3.05) is 6.61 Å². The van der Waals surface area contributed by atoms with Crippen LogP contribution < -0.4 is 0 Å². The Balaban J connectivity index is 2.25. The zero-order valence-electron chi connectivity index (χ0n) is 12.5. The summed E-state index contributed by atoms with van der Waals surface area (Å²) in [4.78, 5) is 11.5. The first-order valence-corrected chi connectivity index (χ1v) is 8.09. The second kappa shape index (κ2) is 11.1. The molecule has 19 heavy (non-hydrogen) atoms. The first kappa shape index (κ1) is 16.3. The maximum Gasteiger partial charge on any atom is 0.305 e. The summed E-state index contributed by atoms with van der Waals surface area (Å²) in [5.74, 6) is 0.752. The van der Waals surface area contributed by atoms with E-state index in [0.29, 0.717) is 13.0 Å². The van der Waals surface area contributed by atoms with Gasteiger partial charge in [-0.25, -0.2) is 0 Å². The SMILES string of the molecule is C[C@H]1C/C=C\CCCCCCCC(=O)OCCCC1. The Morgan fingerprint density at radius 2 is 1.79 bits per heavy atom. The molecule has 0 aromatic carbocycles. The van der Waals surface area contributed by atoms with E-state index in [-0.39, 0.29) is 5.97 Å². The van der Waals surface area contributed by atoms with Gasteiger partial charge in [0.1, 0.15) is 0 Å². The molecule has 0 amide bonds. The van der Waals surface area contributed by atoms with Gasteiger partial charge in [-0.1, -0.05) is 44.8 Å². The van der Waals surface area contributed by atoms with Crippen molar-refractivity contribution in [3.05, 3.63) is 12.2 Å². The highest BCUT2D eigenvalue weighted by Crippen LogP contribution is 2.14. The molecule has 110 valence electrons. The lowest BCUT2D eigenvalue weighted by Gasteiger charge is -2.08. The lowest BCUT2D eigenvalue weighted by atomic mass is 10.00. The van der Waals surface area contributed by atoms with Gasteiger partial charge in [0.15, 0.2) is 0 Å². The molecule has 0 saturated heterocycles. The summed E-state index contributed by atoms with van der Waals surface area (Å²) in [6, 6.07) is 0. The van der Waals surface area contributed by atoms with Crippen LogP contribution in [0.25, 0.3) is 0 Å². The second-order valence-corrected chi connectivity index (χ2v) is 5.83. The van der Waals surface area contributed by atoms with Crippen molar-refractivity contribution in [2.45, 2.75) is 77.6 Å². The maximum atomic E-state index is 11.5. The molecule has 2 nitrogen and oxygen atoms in total. The van der Waals surface area contributed by atoms with Crippen LogP contribution in [0.4, 0.5) is 0 Å². The molecule has 1 aliphatic rings. The molecule has 0 radical (unpaired) electrons. The zero-order chi connectivity index (χ0) is 13.8. The number of esters is 1. The number of allylic oxidation sites excluding steroid dienone is 2. The summed E-state index contributed by atoms with van der Waals surface area (Å²) in [7, 11) is 0. The molecule has 0 aromatic heterocycles. The topological polar surface area (TPSA) is 26.3 Å². The van der Waals surface area contributed by atoms with Crippen molar-refractivity contribution < 1.29 is 9.53 Å². The third kappa shape index (κ3) is 9.75. The van der Waals surface area contributed by atoms with E-state index in [1.54, 1.807) is 0 Å². The van der Waals surface area contributed by atoms with E-state index >= 15 is 0 Å². The molecule has 0 fully saturated rings. The summed E-state index contributed by atoms with van der Waals surface area (Å²) in [5.41, 5.74) is 0. The van der Waals surface area contributed by atoms with E-state index < -0.39 is 0 Å². The zero-order valence-corrected chi connectivity index (χ0v) is 12.5. The van der Waals surface area contributed by atoms with Gasteiger partial charge < -0.3 is 4.74 Å². The van der Waals surface area contributed by atoms with Gasteiger partial charge in [-0.15, -0.1) is 0 Å². The summed E-state index contributed by atoms with van der Waals surface area (Å²) < 4.78 is 5.25. The van der Waals surface area contributed by atoms with E-state index in [1.165, 1.54) is 44.9 Å². The van der Waals surface area contributed by atoms with E-state index in [9.17, 15) is 4.79 Å². The molecular formula is C17H30O2. The quantitative estimate of drug-likeness (QED) is 0.454. The lowest BCUT2D eigenvalue weighted by molar-refractivity contribution is -0.143. The molecular weight excluding hydrogens is 236 g/mol. The molecule has 0 saturated carbocycles. The highest BCUT2D eigenvalue weighted by atomic mass is 16.5. The summed E-state index contributed by atoms with van der Waals surface area (Å²) >= 11 is 0. The van der Waals surface area contributed by atoms with Gasteiger partial charge in [0.2, 0.25) is 0 Å². The molecule has 0 spiro atoms. The smallest absolute Gasteiger partial charge is 0.305 e. The molecule has 0 unspecified atom stereocenters. The monoisotopic (exact) mass is 266 g/mol. The van der Waals surface area contributed by atoms with Gasteiger partial charge >= 0.3 is 5.97 Å². The number of carbonyl (C=O) groups excluding carboxylic acids is 1. The lowest BCUT2D eigenvalue weighted by Crippen LogP contribution is -2.06. The number of ether oxygens (including phenoxy) is 1. The van der Waals surface area contributed by atoms with E-state index in [4.69, 9.17) is 4.74 Å². The first-order valence-electron chi connectivity index (χ1n) is 8.09. The van der Waals surface area contributed by atoms with Crippen LogP contribution in [0.1, 0.15) is 77.6 Å². The summed E-state index contributed by atoms with van der Waals surface area (Å²) in [6.45, 7) is 2.92. The third-order valence-electron chi connectivity index (χ3n) is 3.81. The van der Waals surface area contributed by atoms with E-state index in [1.807, 2.05) is 0 Å².